The molecular weight excluding hydrogens is 206 g/mol. The summed E-state index contributed by atoms with van der Waals surface area (Å²) in [7, 11) is 0. The summed E-state index contributed by atoms with van der Waals surface area (Å²) < 4.78 is 0. The van der Waals surface area contributed by atoms with Gasteiger partial charge in [-0.1, -0.05) is 6.92 Å². The van der Waals surface area contributed by atoms with Crippen molar-refractivity contribution in [3.8, 4) is 0 Å². The van der Waals surface area contributed by atoms with E-state index in [-0.39, 0.29) is 11.9 Å². The Labute approximate surface area is 93.5 Å². The molecule has 16 heavy (non-hydrogen) atoms. The Bertz CT molecular complexity index is 414. The zero-order chi connectivity index (χ0) is 11.5. The number of imide groups is 1. The van der Waals surface area contributed by atoms with Gasteiger partial charge >= 0.3 is 6.03 Å². The van der Waals surface area contributed by atoms with E-state index in [0.717, 1.165) is 17.8 Å². The lowest BCUT2D eigenvalue weighted by Gasteiger charge is -2.26. The highest BCUT2D eigenvalue weighted by Gasteiger charge is 2.24. The second-order valence-corrected chi connectivity index (χ2v) is 3.62. The number of nitrogens with zero attached hydrogens (tertiary/aromatic N) is 2. The predicted octanol–water partition coefficient (Wildman–Crippen LogP) is 1.09. The lowest BCUT2D eigenvalue weighted by molar-refractivity contribution is -0.120. The molecule has 5 nitrogen and oxygen atoms in total. The smallest absolute Gasteiger partial charge is 0.292 e. The molecule has 0 spiro atoms. The Morgan fingerprint density at radius 1 is 1.44 bits per heavy atom. The lowest BCUT2D eigenvalue weighted by Crippen LogP contribution is -2.49. The van der Waals surface area contributed by atoms with Gasteiger partial charge in [-0.3, -0.25) is 20.0 Å². The van der Waals surface area contributed by atoms with Gasteiger partial charge in [0.1, 0.15) is 0 Å². The summed E-state index contributed by atoms with van der Waals surface area (Å²) in [4.78, 5) is 28.2. The Morgan fingerprint density at radius 3 is 2.81 bits per heavy atom. The minimum atomic E-state index is -0.373. The number of amides is 3. The van der Waals surface area contributed by atoms with Crippen molar-refractivity contribution in [2.75, 3.05) is 11.4 Å². The van der Waals surface area contributed by atoms with Crippen LogP contribution in [0.1, 0.15) is 19.0 Å². The zero-order valence-electron chi connectivity index (χ0n) is 9.06. The molecule has 0 unspecified atom stereocenters. The number of urea groups is 1. The topological polar surface area (TPSA) is 62.3 Å². The number of aromatic nitrogens is 1. The van der Waals surface area contributed by atoms with Gasteiger partial charge in [0.15, 0.2) is 0 Å². The van der Waals surface area contributed by atoms with E-state index < -0.39 is 0 Å². The van der Waals surface area contributed by atoms with Crippen LogP contribution in [0, 0.1) is 0 Å². The van der Waals surface area contributed by atoms with Crippen molar-refractivity contribution in [3.05, 3.63) is 24.0 Å². The van der Waals surface area contributed by atoms with Crippen LogP contribution in [0.2, 0.25) is 0 Å². The number of carbonyl (C=O) groups excluding carboxylic acids is 2. The van der Waals surface area contributed by atoms with Gasteiger partial charge in [0, 0.05) is 18.7 Å². The first-order valence-corrected chi connectivity index (χ1v) is 5.27. The maximum Gasteiger partial charge on any atom is 0.328 e. The fourth-order valence-electron chi connectivity index (χ4n) is 1.60. The normalized spacial score (nSPS) is 16.2. The Hall–Kier alpha value is -1.91. The van der Waals surface area contributed by atoms with Gasteiger partial charge in [-0.15, -0.1) is 0 Å². The van der Waals surface area contributed by atoms with Crippen LogP contribution in [0.25, 0.3) is 0 Å². The monoisotopic (exact) mass is 219 g/mol. The summed E-state index contributed by atoms with van der Waals surface area (Å²) in [5, 5.41) is 2.28. The van der Waals surface area contributed by atoms with E-state index in [1.165, 1.54) is 4.90 Å². The number of anilines is 1. The third kappa shape index (κ3) is 2.03. The highest BCUT2D eigenvalue weighted by molar-refractivity contribution is 6.05. The summed E-state index contributed by atoms with van der Waals surface area (Å²) in [6.45, 7) is 2.44. The highest BCUT2D eigenvalue weighted by Crippen LogP contribution is 2.16. The Kier molecular flexibility index (Phi) is 2.85. The first-order chi connectivity index (χ1) is 7.70. The number of pyridine rings is 1. The van der Waals surface area contributed by atoms with Crippen molar-refractivity contribution in [1.29, 1.82) is 0 Å². The van der Waals surface area contributed by atoms with Crippen LogP contribution in [0.5, 0.6) is 0 Å². The molecule has 1 N–H and O–H groups in total. The summed E-state index contributed by atoms with van der Waals surface area (Å²) in [6, 6.07) is 3.36. The van der Waals surface area contributed by atoms with Crippen molar-refractivity contribution in [2.45, 2.75) is 19.8 Å². The number of hydrogen-bond acceptors (Lipinski definition) is 3. The third-order valence-corrected chi connectivity index (χ3v) is 2.54. The molecule has 0 radical (unpaired) electrons. The number of nitrogens with one attached hydrogen (secondary N) is 1. The van der Waals surface area contributed by atoms with E-state index in [1.54, 1.807) is 6.20 Å². The molecule has 5 heteroatoms. The first-order valence-electron chi connectivity index (χ1n) is 5.27. The average Bonchev–Trinajstić information content (AvgIpc) is 2.29. The Balaban J connectivity index is 2.17. The molecule has 84 valence electrons. The zero-order valence-corrected chi connectivity index (χ0v) is 9.06. The van der Waals surface area contributed by atoms with E-state index in [4.69, 9.17) is 0 Å². The van der Waals surface area contributed by atoms with Crippen LogP contribution in [0.3, 0.4) is 0 Å². The van der Waals surface area contributed by atoms with E-state index in [9.17, 15) is 9.59 Å². The van der Waals surface area contributed by atoms with Gasteiger partial charge in [0.2, 0.25) is 5.91 Å². The molecule has 0 bridgehead atoms. The van der Waals surface area contributed by atoms with Crippen molar-refractivity contribution >= 4 is 17.6 Å². The SMILES string of the molecule is CCc1ccc(N2CCC(=O)NC2=O)cn1. The number of rotatable bonds is 2. The summed E-state index contributed by atoms with van der Waals surface area (Å²) in [5.41, 5.74) is 1.71. The van der Waals surface area contributed by atoms with Crippen molar-refractivity contribution in [2.24, 2.45) is 0 Å². The lowest BCUT2D eigenvalue weighted by atomic mass is 10.2. The number of carbonyl (C=O) groups is 2. The molecule has 0 atom stereocenters. The second-order valence-electron chi connectivity index (χ2n) is 3.62. The quantitative estimate of drug-likeness (QED) is 0.809. The minimum absolute atomic E-state index is 0.223. The van der Waals surface area contributed by atoms with E-state index in [0.29, 0.717) is 13.0 Å². The minimum Gasteiger partial charge on any atom is -0.292 e. The van der Waals surface area contributed by atoms with E-state index in [2.05, 4.69) is 10.3 Å². The van der Waals surface area contributed by atoms with Gasteiger partial charge in [0.25, 0.3) is 0 Å². The molecule has 1 aromatic rings. The van der Waals surface area contributed by atoms with Gasteiger partial charge in [0.05, 0.1) is 11.9 Å². The molecule has 0 saturated carbocycles. The molecule has 0 aromatic carbocycles. The van der Waals surface area contributed by atoms with Crippen LogP contribution >= 0.6 is 0 Å². The van der Waals surface area contributed by atoms with Crippen LogP contribution in [0.15, 0.2) is 18.3 Å². The molecule has 1 aliphatic heterocycles. The first kappa shape index (κ1) is 10.6. The fraction of sp³-hybridized carbons (Fsp3) is 0.364. The summed E-state index contributed by atoms with van der Waals surface area (Å²) >= 11 is 0. The molecule has 1 saturated heterocycles. The number of hydrogen-bond donors (Lipinski definition) is 1. The van der Waals surface area contributed by atoms with Crippen LogP contribution in [-0.2, 0) is 11.2 Å². The highest BCUT2D eigenvalue weighted by atomic mass is 16.2. The number of aryl methyl sites for hydroxylation is 1. The van der Waals surface area contributed by atoms with E-state index in [1.807, 2.05) is 19.1 Å². The van der Waals surface area contributed by atoms with Gasteiger partial charge in [-0.25, -0.2) is 4.79 Å². The molecule has 1 aliphatic rings. The van der Waals surface area contributed by atoms with Crippen molar-refractivity contribution in [1.82, 2.24) is 10.3 Å². The predicted molar refractivity (Wildman–Crippen MR) is 59.1 cm³/mol. The van der Waals surface area contributed by atoms with E-state index >= 15 is 0 Å². The van der Waals surface area contributed by atoms with Crippen LogP contribution in [-0.4, -0.2) is 23.5 Å². The third-order valence-electron chi connectivity index (χ3n) is 2.54. The summed E-state index contributed by atoms with van der Waals surface area (Å²) in [5.74, 6) is -0.223. The molecular formula is C11H13N3O2. The maximum absolute atomic E-state index is 11.5. The second kappa shape index (κ2) is 4.30. The largest absolute Gasteiger partial charge is 0.328 e. The standard InChI is InChI=1S/C11H13N3O2/c1-2-8-3-4-9(7-12-8)14-6-5-10(15)13-11(14)16/h3-4,7H,2,5-6H2,1H3,(H,13,15,16). The molecule has 1 aromatic heterocycles. The maximum atomic E-state index is 11.5. The molecule has 1 fully saturated rings. The van der Waals surface area contributed by atoms with Gasteiger partial charge in [-0.05, 0) is 18.6 Å². The van der Waals surface area contributed by atoms with Gasteiger partial charge in [-0.2, -0.15) is 0 Å². The van der Waals surface area contributed by atoms with Crippen LogP contribution in [0.4, 0.5) is 10.5 Å². The molecule has 3 amide bonds. The molecule has 0 aliphatic carbocycles. The van der Waals surface area contributed by atoms with Crippen LogP contribution < -0.4 is 10.2 Å². The average molecular weight is 219 g/mol. The molecule has 2 rings (SSSR count). The fourth-order valence-corrected chi connectivity index (χ4v) is 1.60. The summed E-state index contributed by atoms with van der Waals surface area (Å²) in [6.07, 6.45) is 2.86. The van der Waals surface area contributed by atoms with Gasteiger partial charge < -0.3 is 0 Å². The Morgan fingerprint density at radius 2 is 2.25 bits per heavy atom. The van der Waals surface area contributed by atoms with Crippen molar-refractivity contribution < 1.29 is 9.59 Å². The van der Waals surface area contributed by atoms with Crippen molar-refractivity contribution in [3.63, 3.8) is 0 Å². The molecule has 2 heterocycles.